The first kappa shape index (κ1) is 13.7. The van der Waals surface area contributed by atoms with Crippen molar-refractivity contribution in [3.63, 3.8) is 0 Å². The summed E-state index contributed by atoms with van der Waals surface area (Å²) in [5.41, 5.74) is 5.37. The Kier molecular flexibility index (Phi) is 4.22. The summed E-state index contributed by atoms with van der Waals surface area (Å²) in [5, 5.41) is 0. The molecule has 5 heteroatoms. The van der Waals surface area contributed by atoms with Crippen LogP contribution in [0.25, 0.3) is 0 Å². The van der Waals surface area contributed by atoms with Gasteiger partial charge < -0.3 is 15.5 Å². The van der Waals surface area contributed by atoms with E-state index in [0.717, 1.165) is 51.9 Å². The minimum atomic E-state index is -0.538. The highest BCUT2D eigenvalue weighted by Crippen LogP contribution is 2.38. The average Bonchev–Trinajstić information content (AvgIpc) is 2.39. The van der Waals surface area contributed by atoms with Gasteiger partial charge in [-0.1, -0.05) is 31.5 Å². The van der Waals surface area contributed by atoms with Gasteiger partial charge in [-0.25, -0.2) is 0 Å². The van der Waals surface area contributed by atoms with Crippen LogP contribution in [-0.2, 0) is 4.79 Å². The number of carbonyl (C=O) groups is 1. The molecule has 2 fully saturated rings. The van der Waals surface area contributed by atoms with Crippen LogP contribution >= 0.6 is 12.2 Å². The van der Waals surface area contributed by atoms with E-state index >= 15 is 0 Å². The van der Waals surface area contributed by atoms with E-state index in [1.165, 1.54) is 6.42 Å². The summed E-state index contributed by atoms with van der Waals surface area (Å²) in [4.78, 5) is 17.4. The summed E-state index contributed by atoms with van der Waals surface area (Å²) >= 11 is 5.22. The number of hydrogen-bond donors (Lipinski definition) is 1. The Morgan fingerprint density at radius 2 is 1.67 bits per heavy atom. The summed E-state index contributed by atoms with van der Waals surface area (Å²) in [7, 11) is 2.09. The zero-order valence-electron chi connectivity index (χ0n) is 11.2. The molecule has 1 amide bonds. The fourth-order valence-corrected chi connectivity index (χ4v) is 3.32. The number of rotatable bonds is 2. The lowest BCUT2D eigenvalue weighted by molar-refractivity contribution is -0.141. The molecule has 1 saturated heterocycles. The van der Waals surface area contributed by atoms with Crippen LogP contribution in [0.5, 0.6) is 0 Å². The van der Waals surface area contributed by atoms with E-state index < -0.39 is 5.41 Å². The highest BCUT2D eigenvalue weighted by Gasteiger charge is 2.44. The number of amides is 1. The van der Waals surface area contributed by atoms with Gasteiger partial charge in [0.15, 0.2) is 0 Å². The van der Waals surface area contributed by atoms with Crippen LogP contribution in [0.2, 0.25) is 0 Å². The van der Waals surface area contributed by atoms with Gasteiger partial charge in [-0.05, 0) is 19.9 Å². The van der Waals surface area contributed by atoms with Gasteiger partial charge in [0.05, 0.1) is 10.4 Å². The first-order valence-corrected chi connectivity index (χ1v) is 7.25. The molecule has 4 nitrogen and oxygen atoms in total. The molecule has 1 saturated carbocycles. The van der Waals surface area contributed by atoms with Crippen LogP contribution < -0.4 is 5.73 Å². The zero-order chi connectivity index (χ0) is 13.2. The summed E-state index contributed by atoms with van der Waals surface area (Å²) in [6.07, 6.45) is 5.01. The van der Waals surface area contributed by atoms with Crippen molar-refractivity contribution in [1.29, 1.82) is 0 Å². The molecule has 0 aromatic carbocycles. The van der Waals surface area contributed by atoms with E-state index in [9.17, 15) is 4.79 Å². The maximum atomic E-state index is 12.8. The van der Waals surface area contributed by atoms with Crippen molar-refractivity contribution >= 4 is 23.1 Å². The van der Waals surface area contributed by atoms with Crippen molar-refractivity contribution in [2.45, 2.75) is 32.1 Å². The zero-order valence-corrected chi connectivity index (χ0v) is 12.0. The number of likely N-dealkylation sites (N-methyl/N-ethyl adjacent to an activating group) is 1. The summed E-state index contributed by atoms with van der Waals surface area (Å²) in [6, 6.07) is 0. The number of carbonyl (C=O) groups excluding carboxylic acids is 1. The van der Waals surface area contributed by atoms with Gasteiger partial charge in [-0.3, -0.25) is 4.79 Å². The first-order chi connectivity index (χ1) is 8.56. The fraction of sp³-hybridized carbons (Fsp3) is 0.846. The Bertz CT molecular complexity index is 331. The molecule has 1 heterocycles. The van der Waals surface area contributed by atoms with E-state index in [0.29, 0.717) is 4.99 Å². The van der Waals surface area contributed by atoms with Crippen molar-refractivity contribution in [3.8, 4) is 0 Å². The normalized spacial score (nSPS) is 24.8. The predicted octanol–water partition coefficient (Wildman–Crippen LogP) is 0.997. The lowest BCUT2D eigenvalue weighted by atomic mass is 9.72. The maximum absolute atomic E-state index is 12.8. The molecule has 18 heavy (non-hydrogen) atoms. The van der Waals surface area contributed by atoms with Crippen molar-refractivity contribution in [2.75, 3.05) is 33.2 Å². The molecule has 0 bridgehead atoms. The Labute approximate surface area is 114 Å². The lowest BCUT2D eigenvalue weighted by Crippen LogP contribution is -2.56. The Morgan fingerprint density at radius 1 is 1.11 bits per heavy atom. The van der Waals surface area contributed by atoms with Gasteiger partial charge in [0.2, 0.25) is 5.91 Å². The second-order valence-corrected chi connectivity index (χ2v) is 6.04. The number of nitrogens with zero attached hydrogens (tertiary/aromatic N) is 2. The largest absolute Gasteiger partial charge is 0.392 e. The van der Waals surface area contributed by atoms with Crippen molar-refractivity contribution < 1.29 is 4.79 Å². The molecular weight excluding hydrogens is 246 g/mol. The first-order valence-electron chi connectivity index (χ1n) is 6.84. The second kappa shape index (κ2) is 5.53. The van der Waals surface area contributed by atoms with E-state index in [1.807, 2.05) is 4.90 Å². The molecular formula is C13H23N3OS. The third-order valence-corrected chi connectivity index (χ3v) is 4.77. The fourth-order valence-electron chi connectivity index (χ4n) is 3.03. The summed E-state index contributed by atoms with van der Waals surface area (Å²) in [5.74, 6) is 0.183. The van der Waals surface area contributed by atoms with E-state index in [2.05, 4.69) is 11.9 Å². The molecule has 0 unspecified atom stereocenters. The SMILES string of the molecule is CN1CCN(C(=O)C2(C(N)=S)CCCCC2)CC1. The highest BCUT2D eigenvalue weighted by atomic mass is 32.1. The highest BCUT2D eigenvalue weighted by molar-refractivity contribution is 7.80. The van der Waals surface area contributed by atoms with Crippen LogP contribution in [0.1, 0.15) is 32.1 Å². The molecule has 2 N–H and O–H groups in total. The molecule has 0 radical (unpaired) electrons. The van der Waals surface area contributed by atoms with Gasteiger partial charge in [0.25, 0.3) is 0 Å². The molecule has 2 aliphatic rings. The summed E-state index contributed by atoms with van der Waals surface area (Å²) < 4.78 is 0. The minimum absolute atomic E-state index is 0.183. The van der Waals surface area contributed by atoms with Crippen LogP contribution in [0.3, 0.4) is 0 Å². The molecule has 1 aliphatic carbocycles. The quantitative estimate of drug-likeness (QED) is 0.760. The van der Waals surface area contributed by atoms with E-state index in [1.54, 1.807) is 0 Å². The molecule has 2 rings (SSSR count). The third-order valence-electron chi connectivity index (χ3n) is 4.38. The van der Waals surface area contributed by atoms with E-state index in [4.69, 9.17) is 18.0 Å². The number of nitrogens with two attached hydrogens (primary N) is 1. The maximum Gasteiger partial charge on any atom is 0.235 e. The number of piperazine rings is 1. The van der Waals surface area contributed by atoms with Gasteiger partial charge in [0.1, 0.15) is 0 Å². The van der Waals surface area contributed by atoms with Crippen LogP contribution in [0, 0.1) is 5.41 Å². The van der Waals surface area contributed by atoms with Gasteiger partial charge >= 0.3 is 0 Å². The molecule has 0 spiro atoms. The van der Waals surface area contributed by atoms with Gasteiger partial charge in [-0.15, -0.1) is 0 Å². The molecule has 1 aliphatic heterocycles. The molecule has 0 aromatic rings. The van der Waals surface area contributed by atoms with Crippen LogP contribution in [-0.4, -0.2) is 53.9 Å². The molecule has 0 aromatic heterocycles. The second-order valence-electron chi connectivity index (χ2n) is 5.60. The third kappa shape index (κ3) is 2.52. The van der Waals surface area contributed by atoms with Gasteiger partial charge in [0, 0.05) is 26.2 Å². The van der Waals surface area contributed by atoms with Crippen molar-refractivity contribution in [3.05, 3.63) is 0 Å². The van der Waals surface area contributed by atoms with Gasteiger partial charge in [-0.2, -0.15) is 0 Å². The number of hydrogen-bond acceptors (Lipinski definition) is 3. The predicted molar refractivity (Wildman–Crippen MR) is 76.4 cm³/mol. The van der Waals surface area contributed by atoms with Crippen LogP contribution in [0.15, 0.2) is 0 Å². The summed E-state index contributed by atoms with van der Waals surface area (Å²) in [6.45, 7) is 3.50. The Balaban J connectivity index is 2.11. The van der Waals surface area contributed by atoms with Crippen LogP contribution in [0.4, 0.5) is 0 Å². The van der Waals surface area contributed by atoms with E-state index in [-0.39, 0.29) is 5.91 Å². The Morgan fingerprint density at radius 3 is 2.17 bits per heavy atom. The molecule has 0 atom stereocenters. The number of thiocarbonyl (C=S) groups is 1. The minimum Gasteiger partial charge on any atom is -0.392 e. The molecule has 102 valence electrons. The van der Waals surface area contributed by atoms with Crippen molar-refractivity contribution in [2.24, 2.45) is 11.1 Å². The smallest absolute Gasteiger partial charge is 0.235 e. The standard InChI is InChI=1S/C13H23N3OS/c1-15-7-9-16(10-8-15)12(17)13(11(14)18)5-3-2-4-6-13/h2-10H2,1H3,(H2,14,18). The monoisotopic (exact) mass is 269 g/mol. The topological polar surface area (TPSA) is 49.6 Å². The average molecular weight is 269 g/mol. The van der Waals surface area contributed by atoms with Crippen molar-refractivity contribution in [1.82, 2.24) is 9.80 Å². The lowest BCUT2D eigenvalue weighted by Gasteiger charge is -2.41. The Hall–Kier alpha value is -0.680.